The fraction of sp³-hybridized carbons (Fsp3) is 0.158. The smallest absolute Gasteiger partial charge is 0.250 e. The molecular weight excluding hydrogens is 338 g/mol. The van der Waals surface area contributed by atoms with Gasteiger partial charge in [-0.05, 0) is 37.1 Å². The minimum absolute atomic E-state index is 0.190. The first-order valence-electron chi connectivity index (χ1n) is 7.79. The second-order valence-corrected chi connectivity index (χ2v) is 5.97. The van der Waals surface area contributed by atoms with Crippen molar-refractivity contribution in [3.05, 3.63) is 76.5 Å². The van der Waals surface area contributed by atoms with Crippen molar-refractivity contribution in [2.24, 2.45) is 0 Å². The summed E-state index contributed by atoms with van der Waals surface area (Å²) < 4.78 is 0. The Morgan fingerprint density at radius 3 is 2.48 bits per heavy atom. The molecule has 0 heterocycles. The van der Waals surface area contributed by atoms with Gasteiger partial charge in [-0.3, -0.25) is 15.0 Å². The van der Waals surface area contributed by atoms with Gasteiger partial charge in [-0.15, -0.1) is 0 Å². The second kappa shape index (κ2) is 8.89. The molecule has 0 aliphatic heterocycles. The van der Waals surface area contributed by atoms with Crippen molar-refractivity contribution in [1.82, 2.24) is 10.9 Å². The van der Waals surface area contributed by atoms with Crippen LogP contribution in [0.4, 0.5) is 5.69 Å². The van der Waals surface area contributed by atoms with Crippen LogP contribution >= 0.6 is 11.6 Å². The summed E-state index contributed by atoms with van der Waals surface area (Å²) in [7, 11) is 0. The van der Waals surface area contributed by atoms with Crippen LogP contribution in [-0.4, -0.2) is 11.8 Å². The number of anilines is 1. The Morgan fingerprint density at radius 2 is 1.76 bits per heavy atom. The molecule has 0 aromatic heterocycles. The summed E-state index contributed by atoms with van der Waals surface area (Å²) in [5.41, 5.74) is 8.16. The molecule has 3 N–H and O–H groups in total. The minimum atomic E-state index is -0.312. The second-order valence-electron chi connectivity index (χ2n) is 5.56. The van der Waals surface area contributed by atoms with E-state index in [0.717, 1.165) is 11.1 Å². The van der Waals surface area contributed by atoms with E-state index >= 15 is 0 Å². The van der Waals surface area contributed by atoms with Gasteiger partial charge in [-0.25, -0.2) is 0 Å². The summed E-state index contributed by atoms with van der Waals surface area (Å²) in [6.07, 6.45) is 1.62. The third-order valence-corrected chi connectivity index (χ3v) is 3.89. The van der Waals surface area contributed by atoms with Crippen LogP contribution in [0.1, 0.15) is 18.1 Å². The predicted molar refractivity (Wildman–Crippen MR) is 100 cm³/mol. The molecule has 2 rings (SSSR count). The summed E-state index contributed by atoms with van der Waals surface area (Å²) in [4.78, 5) is 23.9. The summed E-state index contributed by atoms with van der Waals surface area (Å²) in [6.45, 7) is 3.52. The highest BCUT2D eigenvalue weighted by Gasteiger charge is 2.06. The van der Waals surface area contributed by atoms with Gasteiger partial charge < -0.3 is 10.7 Å². The SMILES string of the molecule is CC(=CC(=O)Nc1cccc(Cl)c1C)NNC(=O)Cc1ccccc1. The number of hydrogen-bond donors (Lipinski definition) is 3. The summed E-state index contributed by atoms with van der Waals surface area (Å²) >= 11 is 6.03. The predicted octanol–water partition coefficient (Wildman–Crippen LogP) is 3.35. The molecule has 2 aromatic carbocycles. The Balaban J connectivity index is 1.85. The van der Waals surface area contributed by atoms with Crippen molar-refractivity contribution >= 4 is 29.1 Å². The zero-order valence-electron chi connectivity index (χ0n) is 14.1. The number of rotatable bonds is 6. The molecule has 0 radical (unpaired) electrons. The largest absolute Gasteiger partial charge is 0.322 e. The van der Waals surface area contributed by atoms with Gasteiger partial charge in [0.2, 0.25) is 11.8 Å². The highest BCUT2D eigenvalue weighted by Crippen LogP contribution is 2.22. The fourth-order valence-electron chi connectivity index (χ4n) is 2.14. The Morgan fingerprint density at radius 1 is 1.04 bits per heavy atom. The first-order valence-corrected chi connectivity index (χ1v) is 8.16. The van der Waals surface area contributed by atoms with Crippen LogP contribution in [0.5, 0.6) is 0 Å². The summed E-state index contributed by atoms with van der Waals surface area (Å²) in [5, 5.41) is 3.34. The topological polar surface area (TPSA) is 70.2 Å². The average molecular weight is 358 g/mol. The summed E-state index contributed by atoms with van der Waals surface area (Å²) in [5.74, 6) is -0.502. The van der Waals surface area contributed by atoms with E-state index in [1.54, 1.807) is 25.1 Å². The first kappa shape index (κ1) is 18.5. The van der Waals surface area contributed by atoms with Gasteiger partial charge >= 0.3 is 0 Å². The standard InChI is InChI=1S/C19H20ClN3O2/c1-13(22-23-19(25)12-15-7-4-3-5-8-15)11-18(24)21-17-10-6-9-16(20)14(17)2/h3-11,22H,12H2,1-2H3,(H,21,24)(H,23,25). The van der Waals surface area contributed by atoms with E-state index in [9.17, 15) is 9.59 Å². The maximum Gasteiger partial charge on any atom is 0.250 e. The Kier molecular flexibility index (Phi) is 6.60. The number of amides is 2. The molecule has 0 bridgehead atoms. The number of halogens is 1. The average Bonchev–Trinajstić information content (AvgIpc) is 2.58. The molecule has 6 heteroatoms. The highest BCUT2D eigenvalue weighted by molar-refractivity contribution is 6.31. The molecule has 5 nitrogen and oxygen atoms in total. The van der Waals surface area contributed by atoms with Crippen molar-refractivity contribution in [2.75, 3.05) is 5.32 Å². The minimum Gasteiger partial charge on any atom is -0.322 e. The van der Waals surface area contributed by atoms with Crippen molar-refractivity contribution in [3.63, 3.8) is 0 Å². The number of benzene rings is 2. The number of hydrazine groups is 1. The van der Waals surface area contributed by atoms with Crippen LogP contribution in [0, 0.1) is 6.92 Å². The molecule has 0 atom stereocenters. The molecule has 0 saturated carbocycles. The molecule has 2 aromatic rings. The van der Waals surface area contributed by atoms with Crippen molar-refractivity contribution in [2.45, 2.75) is 20.3 Å². The van der Waals surface area contributed by atoms with Gasteiger partial charge in [0.15, 0.2) is 0 Å². The zero-order valence-corrected chi connectivity index (χ0v) is 14.9. The Bertz CT molecular complexity index is 789. The maximum atomic E-state index is 12.0. The van der Waals surface area contributed by atoms with Crippen LogP contribution in [0.2, 0.25) is 5.02 Å². The lowest BCUT2D eigenvalue weighted by Gasteiger charge is -2.10. The van der Waals surface area contributed by atoms with E-state index in [1.807, 2.05) is 37.3 Å². The fourth-order valence-corrected chi connectivity index (χ4v) is 2.31. The van der Waals surface area contributed by atoms with Crippen molar-refractivity contribution in [1.29, 1.82) is 0 Å². The zero-order chi connectivity index (χ0) is 18.2. The normalized spacial score (nSPS) is 10.9. The molecule has 2 amide bonds. The third kappa shape index (κ3) is 5.97. The van der Waals surface area contributed by atoms with E-state index in [4.69, 9.17) is 11.6 Å². The van der Waals surface area contributed by atoms with Crippen LogP contribution in [-0.2, 0) is 16.0 Å². The van der Waals surface area contributed by atoms with Crippen LogP contribution < -0.4 is 16.2 Å². The van der Waals surface area contributed by atoms with Gasteiger partial charge in [0, 0.05) is 22.5 Å². The molecule has 0 saturated heterocycles. The van der Waals surface area contributed by atoms with Crippen molar-refractivity contribution in [3.8, 4) is 0 Å². The number of nitrogens with one attached hydrogen (secondary N) is 3. The number of carbonyl (C=O) groups is 2. The van der Waals surface area contributed by atoms with Crippen LogP contribution in [0.15, 0.2) is 60.3 Å². The van der Waals surface area contributed by atoms with Crippen LogP contribution in [0.25, 0.3) is 0 Å². The number of carbonyl (C=O) groups excluding carboxylic acids is 2. The van der Waals surface area contributed by atoms with E-state index in [2.05, 4.69) is 16.2 Å². The summed E-state index contributed by atoms with van der Waals surface area (Å²) in [6, 6.07) is 14.7. The van der Waals surface area contributed by atoms with Crippen LogP contribution in [0.3, 0.4) is 0 Å². The third-order valence-electron chi connectivity index (χ3n) is 3.48. The first-order chi connectivity index (χ1) is 12.0. The maximum absolute atomic E-state index is 12.0. The molecule has 25 heavy (non-hydrogen) atoms. The molecule has 0 unspecified atom stereocenters. The monoisotopic (exact) mass is 357 g/mol. The van der Waals surface area contributed by atoms with E-state index < -0.39 is 0 Å². The number of hydrogen-bond acceptors (Lipinski definition) is 3. The lowest BCUT2D eigenvalue weighted by atomic mass is 10.1. The van der Waals surface area contributed by atoms with Gasteiger partial charge in [-0.2, -0.15) is 0 Å². The van der Waals surface area contributed by atoms with E-state index in [1.165, 1.54) is 6.08 Å². The molecular formula is C19H20ClN3O2. The molecule has 0 spiro atoms. The Hall–Kier alpha value is -2.79. The Labute approximate surface area is 152 Å². The van der Waals surface area contributed by atoms with E-state index in [-0.39, 0.29) is 18.2 Å². The number of allylic oxidation sites excluding steroid dienone is 1. The lowest BCUT2D eigenvalue weighted by molar-refractivity contribution is -0.121. The van der Waals surface area contributed by atoms with Gasteiger partial charge in [0.25, 0.3) is 0 Å². The molecule has 0 fully saturated rings. The van der Waals surface area contributed by atoms with Gasteiger partial charge in [0.05, 0.1) is 6.42 Å². The van der Waals surface area contributed by atoms with E-state index in [0.29, 0.717) is 16.4 Å². The lowest BCUT2D eigenvalue weighted by Crippen LogP contribution is -2.37. The van der Waals surface area contributed by atoms with Crippen molar-refractivity contribution < 1.29 is 9.59 Å². The molecule has 0 aliphatic rings. The van der Waals surface area contributed by atoms with Gasteiger partial charge in [0.1, 0.15) is 0 Å². The quantitative estimate of drug-likeness (QED) is 0.548. The highest BCUT2D eigenvalue weighted by atomic mass is 35.5. The molecule has 0 aliphatic carbocycles. The van der Waals surface area contributed by atoms with Gasteiger partial charge in [-0.1, -0.05) is 48.0 Å². The molecule has 130 valence electrons.